The van der Waals surface area contributed by atoms with Gasteiger partial charge in [0.1, 0.15) is 5.92 Å². The first-order chi connectivity index (χ1) is 11.4. The maximum atomic E-state index is 12.8. The lowest BCUT2D eigenvalue weighted by atomic mass is 9.98. The third-order valence-corrected chi connectivity index (χ3v) is 4.06. The Morgan fingerprint density at radius 3 is 2.29 bits per heavy atom. The predicted octanol–water partition coefficient (Wildman–Crippen LogP) is 0.244. The fraction of sp³-hybridized carbons (Fsp3) is 0.312. The fourth-order valence-electron chi connectivity index (χ4n) is 2.90. The van der Waals surface area contributed by atoms with Crippen LogP contribution in [0.5, 0.6) is 0 Å². The van der Waals surface area contributed by atoms with Gasteiger partial charge in [0, 0.05) is 6.92 Å². The minimum Gasteiger partial charge on any atom is -0.464 e. The molecule has 0 spiro atoms. The van der Waals surface area contributed by atoms with E-state index in [0.29, 0.717) is 5.69 Å². The lowest BCUT2D eigenvalue weighted by molar-refractivity contribution is -0.136. The van der Waals surface area contributed by atoms with Crippen LogP contribution < -0.4 is 4.90 Å². The van der Waals surface area contributed by atoms with E-state index in [1.165, 1.54) is 6.92 Å². The maximum absolute atomic E-state index is 12.8. The summed E-state index contributed by atoms with van der Waals surface area (Å²) in [6.45, 7) is 3.10. The van der Waals surface area contributed by atoms with Gasteiger partial charge in [-0.3, -0.25) is 14.4 Å². The molecule has 0 aromatic heterocycles. The van der Waals surface area contributed by atoms with Crippen molar-refractivity contribution < 1.29 is 23.9 Å². The van der Waals surface area contributed by atoms with E-state index < -0.39 is 35.7 Å². The number of fused-ring (bicyclic) bond motifs is 1. The van der Waals surface area contributed by atoms with Crippen molar-refractivity contribution in [3.63, 3.8) is 0 Å². The van der Waals surface area contributed by atoms with Gasteiger partial charge in [-0.25, -0.2) is 14.7 Å². The Kier molecular flexibility index (Phi) is 3.67. The van der Waals surface area contributed by atoms with Gasteiger partial charge in [-0.05, 0) is 19.1 Å². The molecule has 8 nitrogen and oxygen atoms in total. The summed E-state index contributed by atoms with van der Waals surface area (Å²) in [5, 5.41) is 4.72. The molecule has 1 saturated heterocycles. The van der Waals surface area contributed by atoms with Gasteiger partial charge in [-0.15, -0.1) is 0 Å². The normalized spacial score (nSPS) is 22.5. The summed E-state index contributed by atoms with van der Waals surface area (Å²) < 4.78 is 4.62. The number of hydrogen-bond donors (Lipinski definition) is 0. The molecule has 0 radical (unpaired) electrons. The van der Waals surface area contributed by atoms with Crippen molar-refractivity contribution in [1.82, 2.24) is 5.01 Å². The zero-order chi connectivity index (χ0) is 17.6. The highest BCUT2D eigenvalue weighted by Crippen LogP contribution is 2.35. The highest BCUT2D eigenvalue weighted by atomic mass is 16.5. The van der Waals surface area contributed by atoms with Gasteiger partial charge in [-0.2, -0.15) is 5.10 Å². The van der Waals surface area contributed by atoms with Crippen molar-refractivity contribution in [2.75, 3.05) is 12.0 Å². The van der Waals surface area contributed by atoms with Gasteiger partial charge < -0.3 is 4.74 Å². The first-order valence-electron chi connectivity index (χ1n) is 7.28. The van der Waals surface area contributed by atoms with Gasteiger partial charge in [0.2, 0.25) is 11.8 Å². The van der Waals surface area contributed by atoms with Crippen LogP contribution in [0.4, 0.5) is 5.69 Å². The lowest BCUT2D eigenvalue weighted by Crippen LogP contribution is -2.41. The molecule has 1 fully saturated rings. The number of aryl methyl sites for hydroxylation is 1. The van der Waals surface area contributed by atoms with Crippen molar-refractivity contribution in [2.45, 2.75) is 19.9 Å². The molecule has 8 heteroatoms. The number of imide groups is 1. The molecular weight excluding hydrogens is 314 g/mol. The summed E-state index contributed by atoms with van der Waals surface area (Å²) in [6, 6.07) is 5.66. The second-order valence-electron chi connectivity index (χ2n) is 5.61. The number of rotatable bonds is 2. The molecule has 2 aliphatic rings. The van der Waals surface area contributed by atoms with Crippen LogP contribution in [0.2, 0.25) is 0 Å². The first kappa shape index (κ1) is 15.9. The third-order valence-electron chi connectivity index (χ3n) is 4.06. The number of carbonyl (C=O) groups excluding carboxylic acids is 4. The van der Waals surface area contributed by atoms with Crippen LogP contribution in [0.25, 0.3) is 0 Å². The minimum absolute atomic E-state index is 0.231. The smallest absolute Gasteiger partial charge is 0.355 e. The Labute approximate surface area is 137 Å². The third kappa shape index (κ3) is 2.18. The molecule has 0 saturated carbocycles. The molecule has 0 N–H and O–H groups in total. The van der Waals surface area contributed by atoms with Crippen molar-refractivity contribution in [1.29, 1.82) is 0 Å². The number of anilines is 1. The Balaban J connectivity index is 2.05. The molecule has 124 valence electrons. The number of nitrogens with zero attached hydrogens (tertiary/aromatic N) is 3. The van der Waals surface area contributed by atoms with E-state index in [-0.39, 0.29) is 5.71 Å². The molecule has 0 bridgehead atoms. The molecule has 0 aliphatic carbocycles. The topological polar surface area (TPSA) is 96.3 Å². The van der Waals surface area contributed by atoms with Crippen LogP contribution in [0.15, 0.2) is 29.4 Å². The summed E-state index contributed by atoms with van der Waals surface area (Å²) >= 11 is 0. The van der Waals surface area contributed by atoms with E-state index in [1.54, 1.807) is 24.3 Å². The summed E-state index contributed by atoms with van der Waals surface area (Å²) in [6.07, 6.45) is 0. The van der Waals surface area contributed by atoms with Crippen molar-refractivity contribution in [2.24, 2.45) is 11.0 Å². The molecule has 24 heavy (non-hydrogen) atoms. The Hall–Kier alpha value is -3.03. The maximum Gasteiger partial charge on any atom is 0.355 e. The van der Waals surface area contributed by atoms with Crippen molar-refractivity contribution in [3.05, 3.63) is 29.8 Å². The van der Waals surface area contributed by atoms with E-state index in [4.69, 9.17) is 0 Å². The minimum atomic E-state index is -1.15. The predicted molar refractivity (Wildman–Crippen MR) is 82.9 cm³/mol. The number of esters is 1. The molecule has 3 amide bonds. The standard InChI is InChI=1S/C16H15N3O5/c1-8-4-6-10(7-5-8)18-14(21)11-12(16(23)24-3)17-19(9(2)20)13(11)15(18)22/h4-7,11,13H,1-3H3/t11-,13+/m1/s1. The zero-order valence-corrected chi connectivity index (χ0v) is 13.3. The van der Waals surface area contributed by atoms with Gasteiger partial charge >= 0.3 is 5.97 Å². The zero-order valence-electron chi connectivity index (χ0n) is 13.3. The number of hydrogen-bond acceptors (Lipinski definition) is 6. The van der Waals surface area contributed by atoms with E-state index in [0.717, 1.165) is 22.6 Å². The largest absolute Gasteiger partial charge is 0.464 e. The molecule has 2 heterocycles. The van der Waals surface area contributed by atoms with E-state index in [1.807, 2.05) is 6.92 Å². The number of ether oxygens (including phenoxy) is 1. The number of carbonyl (C=O) groups is 4. The van der Waals surface area contributed by atoms with Gasteiger partial charge in [0.25, 0.3) is 5.91 Å². The Bertz CT molecular complexity index is 783. The number of benzene rings is 1. The highest BCUT2D eigenvalue weighted by Gasteiger charge is 2.59. The lowest BCUT2D eigenvalue weighted by Gasteiger charge is -2.19. The monoisotopic (exact) mass is 329 g/mol. The summed E-state index contributed by atoms with van der Waals surface area (Å²) in [7, 11) is 1.15. The van der Waals surface area contributed by atoms with Crippen molar-refractivity contribution in [3.8, 4) is 0 Å². The van der Waals surface area contributed by atoms with Gasteiger partial charge in [0.15, 0.2) is 11.8 Å². The molecule has 0 unspecified atom stereocenters. The Morgan fingerprint density at radius 1 is 1.12 bits per heavy atom. The molecule has 2 atom stereocenters. The fourth-order valence-corrected chi connectivity index (χ4v) is 2.90. The second kappa shape index (κ2) is 5.55. The average molecular weight is 329 g/mol. The summed E-state index contributed by atoms with van der Waals surface area (Å²) in [4.78, 5) is 50.2. The quantitative estimate of drug-likeness (QED) is 0.572. The molecule has 1 aromatic carbocycles. The van der Waals surface area contributed by atoms with E-state index in [2.05, 4.69) is 9.84 Å². The van der Waals surface area contributed by atoms with Crippen LogP contribution >= 0.6 is 0 Å². The van der Waals surface area contributed by atoms with Gasteiger partial charge in [-0.1, -0.05) is 17.7 Å². The highest BCUT2D eigenvalue weighted by molar-refractivity contribution is 6.47. The average Bonchev–Trinajstić information content (AvgIpc) is 3.06. The Morgan fingerprint density at radius 2 is 1.75 bits per heavy atom. The SMILES string of the molecule is COC(=O)C1=NN(C(C)=O)[C@@H]2C(=O)N(c3ccc(C)cc3)C(=O)[C@H]12. The second-order valence-corrected chi connectivity index (χ2v) is 5.61. The summed E-state index contributed by atoms with van der Waals surface area (Å²) in [5.41, 5.74) is 1.13. The molecule has 1 aromatic rings. The molecular formula is C16H15N3O5. The van der Waals surface area contributed by atoms with Crippen molar-refractivity contribution >= 4 is 35.1 Å². The molecule has 2 aliphatic heterocycles. The first-order valence-corrected chi connectivity index (χ1v) is 7.28. The summed E-state index contributed by atoms with van der Waals surface area (Å²) in [5.74, 6) is -3.69. The van der Waals surface area contributed by atoms with Crippen LogP contribution in [-0.4, -0.2) is 47.6 Å². The molecule has 3 rings (SSSR count). The van der Waals surface area contributed by atoms with Gasteiger partial charge in [0.05, 0.1) is 12.8 Å². The van der Waals surface area contributed by atoms with E-state index >= 15 is 0 Å². The number of amides is 3. The van der Waals surface area contributed by atoms with Crippen LogP contribution in [0.1, 0.15) is 12.5 Å². The van der Waals surface area contributed by atoms with Crippen LogP contribution in [0, 0.1) is 12.8 Å². The number of methoxy groups -OCH3 is 1. The van der Waals surface area contributed by atoms with Crippen LogP contribution in [-0.2, 0) is 23.9 Å². The van der Waals surface area contributed by atoms with E-state index in [9.17, 15) is 19.2 Å². The number of hydrazone groups is 1. The van der Waals surface area contributed by atoms with Crippen LogP contribution in [0.3, 0.4) is 0 Å².